The molecule has 0 aliphatic carbocycles. The number of anilines is 3. The molecule has 4 heterocycles. The maximum absolute atomic E-state index is 14.2. The Balaban J connectivity index is 1.54. The normalized spacial score (nSPS) is 16.1. The van der Waals surface area contributed by atoms with Crippen LogP contribution >= 0.6 is 0 Å². The number of nitrogens with zero attached hydrogens (tertiary/aromatic N) is 4. The van der Waals surface area contributed by atoms with Crippen LogP contribution < -0.4 is 10.2 Å². The first kappa shape index (κ1) is 18.1. The van der Waals surface area contributed by atoms with E-state index in [0.717, 1.165) is 28.5 Å². The number of hydrogen-bond donors (Lipinski definition) is 1. The van der Waals surface area contributed by atoms with Crippen LogP contribution in [-0.4, -0.2) is 14.8 Å². The van der Waals surface area contributed by atoms with Gasteiger partial charge in [-0.2, -0.15) is 14.9 Å². The topological polar surface area (TPSA) is 71.0 Å². The summed E-state index contributed by atoms with van der Waals surface area (Å²) in [6, 6.07) is 18.2. The van der Waals surface area contributed by atoms with Crippen molar-refractivity contribution in [1.82, 2.24) is 14.8 Å². The summed E-state index contributed by atoms with van der Waals surface area (Å²) in [6.07, 6.45) is 3.54. The molecule has 2 aromatic carbocycles. The van der Waals surface area contributed by atoms with Crippen LogP contribution in [0.25, 0.3) is 5.69 Å². The van der Waals surface area contributed by atoms with Crippen molar-refractivity contribution in [2.75, 3.05) is 10.2 Å². The van der Waals surface area contributed by atoms with Crippen LogP contribution in [0.5, 0.6) is 0 Å². The Kier molecular flexibility index (Phi) is 3.86. The number of pyridine rings is 1. The van der Waals surface area contributed by atoms with Gasteiger partial charge in [0.05, 0.1) is 34.9 Å². The Bertz CT molecular complexity index is 1300. The highest BCUT2D eigenvalue weighted by atomic mass is 19.1. The molecule has 0 radical (unpaired) electrons. The first-order valence-electron chi connectivity index (χ1n) is 9.91. The summed E-state index contributed by atoms with van der Waals surface area (Å²) < 4.78 is 15.9. The molecule has 2 aromatic heterocycles. The van der Waals surface area contributed by atoms with E-state index < -0.39 is 5.91 Å². The van der Waals surface area contributed by atoms with Gasteiger partial charge in [-0.05, 0) is 43.3 Å². The molecule has 0 atom stereocenters. The average Bonchev–Trinajstić information content (AvgIpc) is 3.50. The zero-order valence-corrected chi connectivity index (χ0v) is 16.6. The standard InChI is InChI=1S/C23H18FN5O2/c1-15-10-12-29(27-15)21-13-17(24)8-9-18(21)23(30-31-23)28-14-16-5-4-11-25-22(16)26-19-6-2-3-7-20(19)28/h2-13H,14H2,1H3,(H,25,26). The summed E-state index contributed by atoms with van der Waals surface area (Å²) in [5, 5.41) is 7.87. The predicted octanol–water partition coefficient (Wildman–Crippen LogP) is 4.55. The average molecular weight is 415 g/mol. The van der Waals surface area contributed by atoms with Gasteiger partial charge in [-0.25, -0.2) is 14.1 Å². The number of aromatic nitrogens is 3. The monoisotopic (exact) mass is 415 g/mol. The highest BCUT2D eigenvalue weighted by molar-refractivity contribution is 5.78. The fraction of sp³-hybridized carbons (Fsp3) is 0.130. The van der Waals surface area contributed by atoms with Crippen molar-refractivity contribution in [2.45, 2.75) is 19.4 Å². The second-order valence-electron chi connectivity index (χ2n) is 7.55. The van der Waals surface area contributed by atoms with E-state index >= 15 is 0 Å². The van der Waals surface area contributed by atoms with E-state index in [1.54, 1.807) is 23.1 Å². The molecule has 6 rings (SSSR count). The maximum atomic E-state index is 14.2. The number of hydrogen-bond acceptors (Lipinski definition) is 6. The lowest BCUT2D eigenvalue weighted by Gasteiger charge is -2.29. The number of nitrogens with one attached hydrogen (secondary N) is 1. The van der Waals surface area contributed by atoms with E-state index in [1.807, 2.05) is 54.3 Å². The van der Waals surface area contributed by atoms with E-state index in [-0.39, 0.29) is 5.82 Å². The predicted molar refractivity (Wildman–Crippen MR) is 112 cm³/mol. The van der Waals surface area contributed by atoms with E-state index in [1.165, 1.54) is 12.1 Å². The number of fused-ring (bicyclic) bond motifs is 2. The quantitative estimate of drug-likeness (QED) is 0.391. The largest absolute Gasteiger partial charge is 0.340 e. The van der Waals surface area contributed by atoms with Gasteiger partial charge in [-0.15, -0.1) is 0 Å². The van der Waals surface area contributed by atoms with Crippen molar-refractivity contribution in [3.63, 3.8) is 0 Å². The maximum Gasteiger partial charge on any atom is 0.340 e. The third kappa shape index (κ3) is 2.88. The Hall–Kier alpha value is -3.75. The molecule has 2 aliphatic rings. The third-order valence-corrected chi connectivity index (χ3v) is 5.53. The Morgan fingerprint density at radius 2 is 1.90 bits per heavy atom. The summed E-state index contributed by atoms with van der Waals surface area (Å²) in [7, 11) is 0. The lowest BCUT2D eigenvalue weighted by atomic mass is 10.1. The molecule has 31 heavy (non-hydrogen) atoms. The van der Waals surface area contributed by atoms with Crippen LogP contribution in [0.1, 0.15) is 16.8 Å². The Labute approximate surface area is 177 Å². The molecule has 0 unspecified atom stereocenters. The summed E-state index contributed by atoms with van der Waals surface area (Å²) in [5.74, 6) is -0.816. The van der Waals surface area contributed by atoms with E-state index in [4.69, 9.17) is 9.78 Å². The molecule has 1 N–H and O–H groups in total. The lowest BCUT2D eigenvalue weighted by Crippen LogP contribution is -2.36. The zero-order valence-electron chi connectivity index (χ0n) is 16.6. The van der Waals surface area contributed by atoms with E-state index in [2.05, 4.69) is 15.4 Å². The first-order chi connectivity index (χ1) is 15.1. The van der Waals surface area contributed by atoms with Gasteiger partial charge >= 0.3 is 5.91 Å². The van der Waals surface area contributed by atoms with Crippen LogP contribution in [0.2, 0.25) is 0 Å². The minimum Gasteiger partial charge on any atom is -0.338 e. The summed E-state index contributed by atoms with van der Waals surface area (Å²) >= 11 is 0. The second-order valence-corrected chi connectivity index (χ2v) is 7.55. The molecule has 7 nitrogen and oxygen atoms in total. The van der Waals surface area contributed by atoms with E-state index in [9.17, 15) is 4.39 Å². The summed E-state index contributed by atoms with van der Waals surface area (Å²) in [4.78, 5) is 17.8. The second kappa shape index (κ2) is 6.63. The summed E-state index contributed by atoms with van der Waals surface area (Å²) in [6.45, 7) is 2.36. The summed E-state index contributed by atoms with van der Waals surface area (Å²) in [5.41, 5.74) is 4.76. The van der Waals surface area contributed by atoms with Crippen LogP contribution in [0.15, 0.2) is 73.1 Å². The van der Waals surface area contributed by atoms with Crippen molar-refractivity contribution >= 4 is 17.2 Å². The molecule has 0 saturated carbocycles. The van der Waals surface area contributed by atoms with Gasteiger partial charge in [0.1, 0.15) is 11.6 Å². The third-order valence-electron chi connectivity index (χ3n) is 5.53. The van der Waals surface area contributed by atoms with Gasteiger partial charge in [0.25, 0.3) is 0 Å². The van der Waals surface area contributed by atoms with E-state index in [0.29, 0.717) is 17.8 Å². The molecular formula is C23H18FN5O2. The fourth-order valence-electron chi connectivity index (χ4n) is 4.01. The van der Waals surface area contributed by atoms with Gasteiger partial charge in [0, 0.05) is 24.0 Å². The van der Waals surface area contributed by atoms with Gasteiger partial charge in [-0.1, -0.05) is 18.2 Å². The van der Waals surface area contributed by atoms with Crippen LogP contribution in [0, 0.1) is 12.7 Å². The molecular weight excluding hydrogens is 397 g/mol. The van der Waals surface area contributed by atoms with Crippen molar-refractivity contribution in [2.24, 2.45) is 0 Å². The lowest BCUT2D eigenvalue weighted by molar-refractivity contribution is 0.0850. The van der Waals surface area contributed by atoms with Crippen LogP contribution in [0.3, 0.4) is 0 Å². The number of rotatable bonds is 3. The van der Waals surface area contributed by atoms with Crippen molar-refractivity contribution in [1.29, 1.82) is 0 Å². The van der Waals surface area contributed by atoms with Crippen LogP contribution in [0.4, 0.5) is 21.6 Å². The van der Waals surface area contributed by atoms with Crippen molar-refractivity contribution < 1.29 is 14.2 Å². The minimum absolute atomic E-state index is 0.366. The zero-order chi connectivity index (χ0) is 21.0. The van der Waals surface area contributed by atoms with Gasteiger partial charge < -0.3 is 10.2 Å². The molecule has 0 spiro atoms. The minimum atomic E-state index is -1.22. The first-order valence-corrected chi connectivity index (χ1v) is 9.91. The van der Waals surface area contributed by atoms with Crippen LogP contribution in [-0.2, 0) is 22.2 Å². The molecule has 1 saturated heterocycles. The van der Waals surface area contributed by atoms with Gasteiger partial charge in [-0.3, -0.25) is 0 Å². The molecule has 4 aromatic rings. The number of para-hydroxylation sites is 2. The number of aryl methyl sites for hydroxylation is 1. The number of benzene rings is 2. The van der Waals surface area contributed by atoms with Crippen molar-refractivity contribution in [3.05, 3.63) is 95.7 Å². The molecule has 2 aliphatic heterocycles. The van der Waals surface area contributed by atoms with Crippen molar-refractivity contribution in [3.8, 4) is 5.69 Å². The molecule has 0 bridgehead atoms. The molecule has 1 fully saturated rings. The Morgan fingerprint density at radius 3 is 2.71 bits per heavy atom. The van der Waals surface area contributed by atoms with Gasteiger partial charge in [0.2, 0.25) is 0 Å². The SMILES string of the molecule is Cc1ccn(-c2cc(F)ccc2C2(N3Cc4cccnc4Nc4ccccc43)OO2)n1. The van der Waals surface area contributed by atoms with Gasteiger partial charge in [0.15, 0.2) is 0 Å². The molecule has 8 heteroatoms. The fourth-order valence-corrected chi connectivity index (χ4v) is 4.01. The highest BCUT2D eigenvalue weighted by Gasteiger charge is 2.59. The highest BCUT2D eigenvalue weighted by Crippen LogP contribution is 2.52. The smallest absolute Gasteiger partial charge is 0.338 e. The Morgan fingerprint density at radius 1 is 1.03 bits per heavy atom. The molecule has 0 amide bonds. The molecule has 154 valence electrons. The number of halogens is 1.